The van der Waals surface area contributed by atoms with Crippen molar-refractivity contribution in [3.05, 3.63) is 47.4 Å². The molecule has 0 bridgehead atoms. The first kappa shape index (κ1) is 9.72. The minimum atomic E-state index is -0.115. The van der Waals surface area contributed by atoms with E-state index in [4.69, 9.17) is 0 Å². The normalized spacial score (nSPS) is 10.8. The number of fused-ring (bicyclic) bond motifs is 2. The van der Waals surface area contributed by atoms with Crippen molar-refractivity contribution >= 4 is 27.5 Å². The highest BCUT2D eigenvalue weighted by molar-refractivity contribution is 5.98. The van der Waals surface area contributed by atoms with E-state index in [1.807, 2.05) is 30.3 Å². The van der Waals surface area contributed by atoms with E-state index < -0.39 is 0 Å². The van der Waals surface area contributed by atoms with Crippen LogP contribution in [0.5, 0.6) is 5.75 Å². The summed E-state index contributed by atoms with van der Waals surface area (Å²) in [4.78, 5) is 14.9. The Kier molecular flexibility index (Phi) is 2.01. The van der Waals surface area contributed by atoms with Gasteiger partial charge in [0.1, 0.15) is 5.69 Å². The van der Waals surface area contributed by atoms with Crippen LogP contribution < -0.4 is 0 Å². The number of benzene rings is 2. The van der Waals surface area contributed by atoms with E-state index in [2.05, 4.69) is 10.2 Å². The van der Waals surface area contributed by atoms with Crippen LogP contribution in [0.2, 0.25) is 0 Å². The number of aromatic nitrogens is 1. The molecule has 0 aliphatic rings. The molecule has 4 heteroatoms. The van der Waals surface area contributed by atoms with Crippen molar-refractivity contribution in [2.45, 2.75) is 0 Å². The van der Waals surface area contributed by atoms with Crippen molar-refractivity contribution in [1.29, 1.82) is 0 Å². The summed E-state index contributed by atoms with van der Waals surface area (Å²) >= 11 is 0. The number of phenols is 1. The fourth-order valence-electron chi connectivity index (χ4n) is 1.90. The van der Waals surface area contributed by atoms with Gasteiger partial charge in [-0.05, 0) is 29.4 Å². The smallest absolute Gasteiger partial charge is 0.154 e. The van der Waals surface area contributed by atoms with Crippen LogP contribution in [0.3, 0.4) is 0 Å². The molecular weight excluding hydrogens is 216 g/mol. The quantitative estimate of drug-likeness (QED) is 0.508. The van der Waals surface area contributed by atoms with Gasteiger partial charge in [0, 0.05) is 10.8 Å². The molecule has 82 valence electrons. The summed E-state index contributed by atoms with van der Waals surface area (Å²) in [7, 11) is 0. The van der Waals surface area contributed by atoms with Crippen LogP contribution in [0.4, 0.5) is 5.69 Å². The van der Waals surface area contributed by atoms with Gasteiger partial charge in [0.15, 0.2) is 5.75 Å². The highest BCUT2D eigenvalue weighted by Gasteiger charge is 2.08. The minimum Gasteiger partial charge on any atom is -0.505 e. The molecule has 17 heavy (non-hydrogen) atoms. The number of aromatic hydroxyl groups is 1. The number of hydrogen-bond acceptors (Lipinski definition) is 4. The summed E-state index contributed by atoms with van der Waals surface area (Å²) in [6, 6.07) is 12.6. The van der Waals surface area contributed by atoms with Crippen molar-refractivity contribution < 1.29 is 5.11 Å². The van der Waals surface area contributed by atoms with E-state index in [1.54, 1.807) is 6.07 Å². The first-order chi connectivity index (χ1) is 8.29. The maximum Gasteiger partial charge on any atom is 0.154 e. The Morgan fingerprint density at radius 1 is 1.06 bits per heavy atom. The molecule has 3 aromatic rings. The third-order valence-corrected chi connectivity index (χ3v) is 2.75. The Hall–Kier alpha value is -2.49. The second-order valence-electron chi connectivity index (χ2n) is 3.77. The summed E-state index contributed by atoms with van der Waals surface area (Å²) in [5.41, 5.74) is 1.54. The van der Waals surface area contributed by atoms with E-state index in [0.717, 1.165) is 10.9 Å². The number of nitrogens with zero attached hydrogens (tertiary/aromatic N) is 2. The topological polar surface area (TPSA) is 62.5 Å². The number of para-hydroxylation sites is 1. The standard InChI is InChI=1S/C13H8N2O2/c16-13-9-7-8-3-1-2-4-10(8)14-11(9)5-6-12(13)15-17/h1-7,16H. The summed E-state index contributed by atoms with van der Waals surface area (Å²) in [5.74, 6) is -0.115. The first-order valence-electron chi connectivity index (χ1n) is 5.14. The van der Waals surface area contributed by atoms with E-state index in [-0.39, 0.29) is 11.4 Å². The Morgan fingerprint density at radius 3 is 2.71 bits per heavy atom. The predicted octanol–water partition coefficient (Wildman–Crippen LogP) is 3.49. The average Bonchev–Trinajstić information content (AvgIpc) is 2.37. The maximum atomic E-state index is 10.5. The lowest BCUT2D eigenvalue weighted by Crippen LogP contribution is -1.82. The lowest BCUT2D eigenvalue weighted by molar-refractivity contribution is 0.483. The van der Waals surface area contributed by atoms with Crippen LogP contribution in [0.1, 0.15) is 0 Å². The van der Waals surface area contributed by atoms with Gasteiger partial charge < -0.3 is 5.11 Å². The Balaban J connectivity index is 2.48. The number of rotatable bonds is 1. The molecule has 1 heterocycles. The second-order valence-corrected chi connectivity index (χ2v) is 3.77. The zero-order chi connectivity index (χ0) is 11.8. The Bertz CT molecular complexity index is 738. The Morgan fingerprint density at radius 2 is 1.88 bits per heavy atom. The van der Waals surface area contributed by atoms with Gasteiger partial charge in [-0.2, -0.15) is 0 Å². The van der Waals surface area contributed by atoms with Crippen molar-refractivity contribution in [2.24, 2.45) is 5.18 Å². The molecule has 0 saturated carbocycles. The van der Waals surface area contributed by atoms with Crippen LogP contribution in [0, 0.1) is 4.91 Å². The molecule has 1 aromatic heterocycles. The second kappa shape index (κ2) is 3.52. The summed E-state index contributed by atoms with van der Waals surface area (Å²) in [6.45, 7) is 0. The summed E-state index contributed by atoms with van der Waals surface area (Å²) < 4.78 is 0. The van der Waals surface area contributed by atoms with Gasteiger partial charge in [0.25, 0.3) is 0 Å². The van der Waals surface area contributed by atoms with Crippen LogP contribution >= 0.6 is 0 Å². The monoisotopic (exact) mass is 224 g/mol. The highest BCUT2D eigenvalue weighted by Crippen LogP contribution is 2.35. The van der Waals surface area contributed by atoms with Gasteiger partial charge in [0.2, 0.25) is 0 Å². The minimum absolute atomic E-state index is 0.0366. The molecule has 0 amide bonds. The van der Waals surface area contributed by atoms with Crippen molar-refractivity contribution in [3.8, 4) is 5.75 Å². The summed E-state index contributed by atoms with van der Waals surface area (Å²) in [5, 5.41) is 14.1. The highest BCUT2D eigenvalue weighted by atomic mass is 16.3. The predicted molar refractivity (Wildman–Crippen MR) is 66.4 cm³/mol. The number of hydrogen-bond donors (Lipinski definition) is 1. The van der Waals surface area contributed by atoms with Gasteiger partial charge in [-0.3, -0.25) is 0 Å². The lowest BCUT2D eigenvalue weighted by Gasteiger charge is -2.04. The van der Waals surface area contributed by atoms with Crippen molar-refractivity contribution in [2.75, 3.05) is 0 Å². The molecular formula is C13H8N2O2. The third kappa shape index (κ3) is 1.42. The molecule has 3 rings (SSSR count). The molecule has 0 radical (unpaired) electrons. The molecule has 0 aliphatic carbocycles. The van der Waals surface area contributed by atoms with Gasteiger partial charge in [0.05, 0.1) is 11.0 Å². The van der Waals surface area contributed by atoms with Gasteiger partial charge in [-0.25, -0.2) is 4.98 Å². The molecule has 0 aliphatic heterocycles. The fraction of sp³-hybridized carbons (Fsp3) is 0. The SMILES string of the molecule is O=Nc1ccc2nc3ccccc3cc2c1O. The average molecular weight is 224 g/mol. The lowest BCUT2D eigenvalue weighted by atomic mass is 10.1. The Labute approximate surface area is 96.5 Å². The van der Waals surface area contributed by atoms with E-state index in [0.29, 0.717) is 10.9 Å². The zero-order valence-corrected chi connectivity index (χ0v) is 8.79. The van der Waals surface area contributed by atoms with Gasteiger partial charge in [-0.15, -0.1) is 4.91 Å². The number of pyridine rings is 1. The molecule has 0 unspecified atom stereocenters. The van der Waals surface area contributed by atoms with Crippen LogP contribution in [-0.4, -0.2) is 10.1 Å². The summed E-state index contributed by atoms with van der Waals surface area (Å²) in [6.07, 6.45) is 0. The van der Waals surface area contributed by atoms with Gasteiger partial charge >= 0.3 is 0 Å². The zero-order valence-electron chi connectivity index (χ0n) is 8.79. The van der Waals surface area contributed by atoms with Crippen LogP contribution in [0.25, 0.3) is 21.8 Å². The van der Waals surface area contributed by atoms with E-state index >= 15 is 0 Å². The number of phenolic OH excluding ortho intramolecular Hbond substituents is 1. The molecule has 1 N–H and O–H groups in total. The van der Waals surface area contributed by atoms with Crippen LogP contribution in [-0.2, 0) is 0 Å². The third-order valence-electron chi connectivity index (χ3n) is 2.75. The van der Waals surface area contributed by atoms with Crippen molar-refractivity contribution in [3.63, 3.8) is 0 Å². The molecule has 4 nitrogen and oxygen atoms in total. The molecule has 0 saturated heterocycles. The molecule has 2 aromatic carbocycles. The number of nitroso groups, excluding NO2 is 1. The largest absolute Gasteiger partial charge is 0.505 e. The van der Waals surface area contributed by atoms with E-state index in [1.165, 1.54) is 6.07 Å². The van der Waals surface area contributed by atoms with Crippen LogP contribution in [0.15, 0.2) is 47.6 Å². The molecule has 0 atom stereocenters. The van der Waals surface area contributed by atoms with Crippen molar-refractivity contribution in [1.82, 2.24) is 4.98 Å². The maximum absolute atomic E-state index is 10.5. The van der Waals surface area contributed by atoms with E-state index in [9.17, 15) is 10.0 Å². The molecule has 0 fully saturated rings. The fourth-order valence-corrected chi connectivity index (χ4v) is 1.90. The molecule has 0 spiro atoms. The van der Waals surface area contributed by atoms with Gasteiger partial charge in [-0.1, -0.05) is 18.2 Å². The first-order valence-corrected chi connectivity index (χ1v) is 5.14.